The normalized spacial score (nSPS) is 22.9. The highest BCUT2D eigenvalue weighted by molar-refractivity contribution is 5.84. The van der Waals surface area contributed by atoms with Crippen molar-refractivity contribution in [3.05, 3.63) is 23.8 Å². The van der Waals surface area contributed by atoms with Crippen LogP contribution in [0.4, 0.5) is 11.8 Å². The van der Waals surface area contributed by atoms with Gasteiger partial charge in [0.15, 0.2) is 47.3 Å². The number of carbonyl (C=O) groups is 2. The highest BCUT2D eigenvalue weighted by Gasteiger charge is 2.51. The summed E-state index contributed by atoms with van der Waals surface area (Å²) < 4.78 is 29.8. The molecule has 0 saturated carbocycles. The fourth-order valence-electron chi connectivity index (χ4n) is 5.26. The number of aryl methyl sites for hydroxylation is 1. The fourth-order valence-corrected chi connectivity index (χ4v) is 5.26. The van der Waals surface area contributed by atoms with Gasteiger partial charge in [-0.15, -0.1) is 0 Å². The first kappa shape index (κ1) is 29.7. The van der Waals surface area contributed by atoms with Crippen molar-refractivity contribution < 1.29 is 33.1 Å². The number of fused-ring (bicyclic) bond motifs is 1. The summed E-state index contributed by atoms with van der Waals surface area (Å²) in [7, 11) is 0. The molecule has 2 aliphatic heterocycles. The second-order valence-electron chi connectivity index (χ2n) is 10.2. The Kier molecular flexibility index (Phi) is 9.81. The van der Waals surface area contributed by atoms with Crippen LogP contribution in [0.2, 0.25) is 0 Å². The zero-order chi connectivity index (χ0) is 29.5. The van der Waals surface area contributed by atoms with Crippen LogP contribution in [0.15, 0.2) is 16.9 Å². The third-order valence-electron chi connectivity index (χ3n) is 7.67. The number of nitrogens with zero attached hydrogens (tertiary/aromatic N) is 6. The molecular formula is C27H38N8O7. The summed E-state index contributed by atoms with van der Waals surface area (Å²) in [4.78, 5) is 39.6. The van der Waals surface area contributed by atoms with Crippen LogP contribution in [0.25, 0.3) is 11.2 Å². The van der Waals surface area contributed by atoms with Crippen molar-refractivity contribution >= 4 is 35.9 Å². The molecule has 4 atom stereocenters. The van der Waals surface area contributed by atoms with Gasteiger partial charge in [0.1, 0.15) is 0 Å². The van der Waals surface area contributed by atoms with Gasteiger partial charge in [0, 0.05) is 38.3 Å². The standard InChI is InChI=1S/C27H38N8O7/c1-4-17(5-2)30-24-20-25(32-27(31-24)28-7-8-34-9-11-38-12-10-34)35(14-29-20)26-23(40-16-37)22(39-15-36)21(41-26)19-13-18(6-3)33-42-19/h13-17,21-23,26H,4-12H2,1-3H3,(H2,28,30,31,32)/t21-,22-,23-,26-/m1/s1. The van der Waals surface area contributed by atoms with Crippen LogP contribution in [0, 0.1) is 0 Å². The molecule has 0 aromatic carbocycles. The number of nitrogens with one attached hydrogen (secondary N) is 2. The van der Waals surface area contributed by atoms with Crippen LogP contribution < -0.4 is 10.6 Å². The predicted molar refractivity (Wildman–Crippen MR) is 150 cm³/mol. The lowest BCUT2D eigenvalue weighted by Gasteiger charge is -2.26. The van der Waals surface area contributed by atoms with Crippen molar-refractivity contribution in [3.8, 4) is 0 Å². The van der Waals surface area contributed by atoms with Crippen LogP contribution in [-0.2, 0) is 35.0 Å². The molecule has 5 heterocycles. The molecule has 228 valence electrons. The van der Waals surface area contributed by atoms with Gasteiger partial charge < -0.3 is 34.1 Å². The molecule has 2 fully saturated rings. The van der Waals surface area contributed by atoms with Crippen molar-refractivity contribution in [2.75, 3.05) is 50.0 Å². The first-order chi connectivity index (χ1) is 20.6. The zero-order valence-corrected chi connectivity index (χ0v) is 24.1. The lowest BCUT2D eigenvalue weighted by molar-refractivity contribution is -0.151. The molecule has 3 aromatic heterocycles. The molecule has 0 spiro atoms. The van der Waals surface area contributed by atoms with Gasteiger partial charge in [-0.3, -0.25) is 19.1 Å². The summed E-state index contributed by atoms with van der Waals surface area (Å²) in [6.07, 6.45) is 0.145. The number of morpholine rings is 1. The third-order valence-corrected chi connectivity index (χ3v) is 7.67. The van der Waals surface area contributed by atoms with Crippen LogP contribution in [-0.4, -0.2) is 100 Å². The largest absolute Gasteiger partial charge is 0.457 e. The summed E-state index contributed by atoms with van der Waals surface area (Å²) in [6, 6.07) is 1.91. The Morgan fingerprint density at radius 3 is 2.55 bits per heavy atom. The van der Waals surface area contributed by atoms with Crippen LogP contribution in [0.1, 0.15) is 57.4 Å². The SMILES string of the molecule is CCc1cc([C@H]2O[C@@H](n3cnc4c(NC(CC)CC)nc(NCCN5CCOCC5)nc43)[C@H](OC=O)[C@@H]2OC=O)on1. The minimum Gasteiger partial charge on any atom is -0.457 e. The molecule has 42 heavy (non-hydrogen) atoms. The van der Waals surface area contributed by atoms with Crippen LogP contribution in [0.5, 0.6) is 0 Å². The minimum absolute atomic E-state index is 0.178. The third kappa shape index (κ3) is 6.32. The van der Waals surface area contributed by atoms with Gasteiger partial charge in [-0.2, -0.15) is 9.97 Å². The molecule has 15 heteroatoms. The van der Waals surface area contributed by atoms with E-state index in [0.717, 1.165) is 45.7 Å². The second-order valence-corrected chi connectivity index (χ2v) is 10.2. The number of rotatable bonds is 15. The second kappa shape index (κ2) is 13.9. The number of hydrogen-bond donors (Lipinski definition) is 2. The lowest BCUT2D eigenvalue weighted by Crippen LogP contribution is -2.39. The Balaban J connectivity index is 1.49. The van der Waals surface area contributed by atoms with E-state index in [2.05, 4.69) is 39.5 Å². The summed E-state index contributed by atoms with van der Waals surface area (Å²) >= 11 is 0. The highest BCUT2D eigenvalue weighted by atomic mass is 16.6. The number of hydrogen-bond acceptors (Lipinski definition) is 14. The molecule has 0 radical (unpaired) electrons. The molecule has 0 bridgehead atoms. The van der Waals surface area contributed by atoms with Gasteiger partial charge in [-0.25, -0.2) is 4.98 Å². The Morgan fingerprint density at radius 1 is 1.10 bits per heavy atom. The molecule has 2 saturated heterocycles. The van der Waals surface area contributed by atoms with E-state index < -0.39 is 24.5 Å². The highest BCUT2D eigenvalue weighted by Crippen LogP contribution is 2.43. The molecular weight excluding hydrogens is 548 g/mol. The maximum atomic E-state index is 11.6. The summed E-state index contributed by atoms with van der Waals surface area (Å²) in [5.74, 6) is 1.34. The van der Waals surface area contributed by atoms with Gasteiger partial charge >= 0.3 is 0 Å². The predicted octanol–water partition coefficient (Wildman–Crippen LogP) is 2.07. The van der Waals surface area contributed by atoms with E-state index in [4.69, 9.17) is 33.4 Å². The molecule has 3 aromatic rings. The van der Waals surface area contributed by atoms with Gasteiger partial charge in [-0.1, -0.05) is 25.9 Å². The van der Waals surface area contributed by atoms with Gasteiger partial charge in [0.25, 0.3) is 12.9 Å². The maximum Gasteiger partial charge on any atom is 0.293 e. The van der Waals surface area contributed by atoms with E-state index in [9.17, 15) is 9.59 Å². The average Bonchev–Trinajstić information content (AvgIpc) is 3.74. The first-order valence-electron chi connectivity index (χ1n) is 14.4. The van der Waals surface area contributed by atoms with E-state index in [0.29, 0.717) is 60.3 Å². The Hall–Kier alpha value is -3.82. The number of imidazole rings is 1. The van der Waals surface area contributed by atoms with E-state index >= 15 is 0 Å². The van der Waals surface area contributed by atoms with Crippen molar-refractivity contribution in [1.82, 2.24) is 29.6 Å². The Morgan fingerprint density at radius 2 is 1.86 bits per heavy atom. The van der Waals surface area contributed by atoms with Crippen LogP contribution in [0.3, 0.4) is 0 Å². The fraction of sp³-hybridized carbons (Fsp3) is 0.630. The first-order valence-corrected chi connectivity index (χ1v) is 14.4. The monoisotopic (exact) mass is 586 g/mol. The number of ether oxygens (including phenoxy) is 4. The quantitative estimate of drug-likeness (QED) is 0.248. The molecule has 0 aliphatic carbocycles. The molecule has 2 N–H and O–H groups in total. The summed E-state index contributed by atoms with van der Waals surface area (Å²) in [5.41, 5.74) is 1.69. The smallest absolute Gasteiger partial charge is 0.293 e. The van der Waals surface area contributed by atoms with Crippen molar-refractivity contribution in [1.29, 1.82) is 0 Å². The molecule has 2 aliphatic rings. The van der Waals surface area contributed by atoms with Gasteiger partial charge in [0.05, 0.1) is 25.2 Å². The summed E-state index contributed by atoms with van der Waals surface area (Å²) in [5, 5.41) is 10.9. The van der Waals surface area contributed by atoms with Crippen molar-refractivity contribution in [2.24, 2.45) is 0 Å². The van der Waals surface area contributed by atoms with Crippen molar-refractivity contribution in [2.45, 2.75) is 70.6 Å². The molecule has 5 rings (SSSR count). The van der Waals surface area contributed by atoms with E-state index in [-0.39, 0.29) is 6.04 Å². The zero-order valence-electron chi connectivity index (χ0n) is 24.1. The number of anilines is 2. The number of carbonyl (C=O) groups excluding carboxylic acids is 2. The Labute approximate surface area is 243 Å². The van der Waals surface area contributed by atoms with Crippen molar-refractivity contribution in [3.63, 3.8) is 0 Å². The molecule has 0 unspecified atom stereocenters. The van der Waals surface area contributed by atoms with Crippen LogP contribution >= 0.6 is 0 Å². The summed E-state index contributed by atoms with van der Waals surface area (Å²) in [6.45, 7) is 11.4. The molecule has 15 nitrogen and oxygen atoms in total. The van der Waals surface area contributed by atoms with E-state index in [1.165, 1.54) is 0 Å². The van der Waals surface area contributed by atoms with E-state index in [1.807, 2.05) is 6.92 Å². The lowest BCUT2D eigenvalue weighted by atomic mass is 10.1. The van der Waals surface area contributed by atoms with Gasteiger partial charge in [-0.05, 0) is 19.3 Å². The van der Waals surface area contributed by atoms with Gasteiger partial charge in [0.2, 0.25) is 5.95 Å². The topological polar surface area (TPSA) is 168 Å². The Bertz CT molecular complexity index is 1320. The molecule has 0 amide bonds. The average molecular weight is 587 g/mol. The van der Waals surface area contributed by atoms with E-state index in [1.54, 1.807) is 17.0 Å². The number of aromatic nitrogens is 5. The minimum atomic E-state index is -1.02. The maximum absolute atomic E-state index is 11.6.